The summed E-state index contributed by atoms with van der Waals surface area (Å²) in [6.07, 6.45) is 0. The molecule has 98 valence electrons. The zero-order chi connectivity index (χ0) is 14.1. The Labute approximate surface area is 114 Å². The Bertz CT molecular complexity index is 459. The van der Waals surface area contributed by atoms with E-state index in [0.29, 0.717) is 10.0 Å². The Morgan fingerprint density at radius 3 is 2.56 bits per heavy atom. The van der Waals surface area contributed by atoms with E-state index in [1.807, 2.05) is 0 Å². The lowest BCUT2D eigenvalue weighted by molar-refractivity contribution is -0.134. The van der Waals surface area contributed by atoms with Crippen molar-refractivity contribution in [2.45, 2.75) is 13.5 Å². The maximum absolute atomic E-state index is 9.00. The summed E-state index contributed by atoms with van der Waals surface area (Å²) in [6, 6.07) is 5.25. The number of rotatable bonds is 2. The highest BCUT2D eigenvalue weighted by Gasteiger charge is 2.02. The summed E-state index contributed by atoms with van der Waals surface area (Å²) in [5.74, 6) is -1.16. The molecule has 0 unspecified atom stereocenters. The third-order valence-electron chi connectivity index (χ3n) is 1.45. The fraction of sp³-hybridized carbons (Fsp3) is 0.200. The predicted molar refractivity (Wildman–Crippen MR) is 70.2 cm³/mol. The van der Waals surface area contributed by atoms with Crippen LogP contribution < -0.4 is 5.73 Å². The topological polar surface area (TPSA) is 112 Å². The average Bonchev–Trinajstić information content (AvgIpc) is 2.23. The first kappa shape index (κ1) is 16.3. The molecule has 6 nitrogen and oxygen atoms in total. The molecule has 0 bridgehead atoms. The van der Waals surface area contributed by atoms with Crippen molar-refractivity contribution >= 4 is 35.1 Å². The first-order chi connectivity index (χ1) is 8.34. The Kier molecular flexibility index (Phi) is 7.66. The van der Waals surface area contributed by atoms with Crippen molar-refractivity contribution in [1.29, 1.82) is 5.41 Å². The standard InChI is InChI=1S/C8H8Cl2N4.C2H4O2/c9-6-3-1-2-5(7(6)10)4-13-14-8(11)12;1-2(3)4/h1-3H,4H2,(H3,11,12);1H3,(H,3,4). The number of halogens is 2. The van der Waals surface area contributed by atoms with Gasteiger partial charge in [-0.2, -0.15) is 5.11 Å². The molecule has 1 aromatic carbocycles. The summed E-state index contributed by atoms with van der Waals surface area (Å²) < 4.78 is 0. The third-order valence-corrected chi connectivity index (χ3v) is 2.31. The van der Waals surface area contributed by atoms with E-state index >= 15 is 0 Å². The minimum atomic E-state index is -0.833. The number of nitrogens with one attached hydrogen (secondary N) is 1. The molecule has 0 radical (unpaired) electrons. The van der Waals surface area contributed by atoms with Gasteiger partial charge in [-0.25, -0.2) is 0 Å². The van der Waals surface area contributed by atoms with Crippen LogP contribution in [0.4, 0.5) is 0 Å². The lowest BCUT2D eigenvalue weighted by Gasteiger charge is -2.00. The molecule has 18 heavy (non-hydrogen) atoms. The van der Waals surface area contributed by atoms with E-state index in [0.717, 1.165) is 12.5 Å². The highest BCUT2D eigenvalue weighted by atomic mass is 35.5. The van der Waals surface area contributed by atoms with Gasteiger partial charge in [0.2, 0.25) is 5.96 Å². The average molecular weight is 291 g/mol. The molecular weight excluding hydrogens is 279 g/mol. The van der Waals surface area contributed by atoms with Crippen LogP contribution in [0.25, 0.3) is 0 Å². The Hall–Kier alpha value is -1.66. The highest BCUT2D eigenvalue weighted by Crippen LogP contribution is 2.25. The van der Waals surface area contributed by atoms with E-state index in [1.165, 1.54) is 0 Å². The van der Waals surface area contributed by atoms with Crippen molar-refractivity contribution in [3.8, 4) is 0 Å². The summed E-state index contributed by atoms with van der Waals surface area (Å²) >= 11 is 11.7. The fourth-order valence-corrected chi connectivity index (χ4v) is 1.24. The molecule has 0 aromatic heterocycles. The largest absolute Gasteiger partial charge is 0.481 e. The number of nitrogens with two attached hydrogens (primary N) is 1. The van der Waals surface area contributed by atoms with Crippen molar-refractivity contribution in [3.63, 3.8) is 0 Å². The van der Waals surface area contributed by atoms with Crippen molar-refractivity contribution in [1.82, 2.24) is 0 Å². The Balaban J connectivity index is 0.000000631. The molecule has 0 atom stereocenters. The molecule has 0 heterocycles. The monoisotopic (exact) mass is 290 g/mol. The summed E-state index contributed by atoms with van der Waals surface area (Å²) in [5, 5.41) is 22.2. The molecule has 8 heteroatoms. The van der Waals surface area contributed by atoms with Gasteiger partial charge >= 0.3 is 0 Å². The van der Waals surface area contributed by atoms with E-state index in [1.54, 1.807) is 18.2 Å². The van der Waals surface area contributed by atoms with Crippen LogP contribution in [0, 0.1) is 5.41 Å². The number of azo groups is 1. The molecule has 1 rings (SSSR count). The van der Waals surface area contributed by atoms with Crippen LogP contribution in [0.1, 0.15) is 12.5 Å². The third kappa shape index (κ3) is 7.59. The zero-order valence-corrected chi connectivity index (χ0v) is 11.0. The van der Waals surface area contributed by atoms with Crippen LogP contribution >= 0.6 is 23.2 Å². The van der Waals surface area contributed by atoms with Crippen molar-refractivity contribution < 1.29 is 9.90 Å². The van der Waals surface area contributed by atoms with Gasteiger partial charge in [0.15, 0.2) is 0 Å². The summed E-state index contributed by atoms with van der Waals surface area (Å²) in [6.45, 7) is 1.35. The van der Waals surface area contributed by atoms with Gasteiger partial charge in [0, 0.05) is 6.92 Å². The number of aliphatic carboxylic acids is 1. The first-order valence-electron chi connectivity index (χ1n) is 4.68. The molecule has 0 aliphatic rings. The Morgan fingerprint density at radius 1 is 1.50 bits per heavy atom. The van der Waals surface area contributed by atoms with Crippen LogP contribution in [0.2, 0.25) is 10.0 Å². The van der Waals surface area contributed by atoms with Crippen molar-refractivity contribution in [3.05, 3.63) is 33.8 Å². The van der Waals surface area contributed by atoms with Gasteiger partial charge in [-0.3, -0.25) is 10.2 Å². The Morgan fingerprint density at radius 2 is 2.06 bits per heavy atom. The molecule has 1 aromatic rings. The van der Waals surface area contributed by atoms with E-state index in [9.17, 15) is 0 Å². The number of hydrogen-bond donors (Lipinski definition) is 3. The van der Waals surface area contributed by atoms with Gasteiger partial charge in [-0.1, -0.05) is 35.3 Å². The smallest absolute Gasteiger partial charge is 0.300 e. The second-order valence-corrected chi connectivity index (χ2v) is 3.80. The maximum Gasteiger partial charge on any atom is 0.300 e. The minimum Gasteiger partial charge on any atom is -0.481 e. The lowest BCUT2D eigenvalue weighted by Crippen LogP contribution is -2.03. The molecule has 0 spiro atoms. The fourth-order valence-electron chi connectivity index (χ4n) is 0.858. The first-order valence-corrected chi connectivity index (χ1v) is 5.44. The lowest BCUT2D eigenvalue weighted by atomic mass is 10.2. The normalized spacial score (nSPS) is 9.72. The number of hydrogen-bond acceptors (Lipinski definition) is 3. The van der Waals surface area contributed by atoms with Crippen LogP contribution in [0.5, 0.6) is 0 Å². The predicted octanol–water partition coefficient (Wildman–Crippen LogP) is 2.93. The molecule has 0 saturated carbocycles. The van der Waals surface area contributed by atoms with Crippen LogP contribution in [0.15, 0.2) is 28.4 Å². The maximum atomic E-state index is 9.00. The summed E-state index contributed by atoms with van der Waals surface area (Å²) in [5.41, 5.74) is 5.74. The van der Waals surface area contributed by atoms with Gasteiger partial charge in [0.25, 0.3) is 5.97 Å². The van der Waals surface area contributed by atoms with Gasteiger partial charge in [0.1, 0.15) is 0 Å². The summed E-state index contributed by atoms with van der Waals surface area (Å²) in [7, 11) is 0. The molecule has 0 saturated heterocycles. The molecule has 0 aliphatic carbocycles. The quantitative estimate of drug-likeness (QED) is 0.442. The molecule has 0 fully saturated rings. The van der Waals surface area contributed by atoms with E-state index < -0.39 is 5.97 Å². The molecule has 4 N–H and O–H groups in total. The van der Waals surface area contributed by atoms with Crippen LogP contribution in [-0.2, 0) is 11.3 Å². The van der Waals surface area contributed by atoms with Gasteiger partial charge in [-0.05, 0) is 11.6 Å². The number of benzene rings is 1. The number of guanidine groups is 1. The molecule has 0 amide bonds. The van der Waals surface area contributed by atoms with E-state index in [-0.39, 0.29) is 12.5 Å². The van der Waals surface area contributed by atoms with Gasteiger partial charge in [0.05, 0.1) is 16.6 Å². The second-order valence-electron chi connectivity index (χ2n) is 3.02. The van der Waals surface area contributed by atoms with Crippen molar-refractivity contribution in [2.24, 2.45) is 16.0 Å². The number of carboxylic acids is 1. The molecule has 0 aliphatic heterocycles. The summed E-state index contributed by atoms with van der Waals surface area (Å²) in [4.78, 5) is 9.00. The number of carboxylic acid groups (broad SMARTS) is 1. The zero-order valence-electron chi connectivity index (χ0n) is 9.52. The van der Waals surface area contributed by atoms with E-state index in [2.05, 4.69) is 10.2 Å². The van der Waals surface area contributed by atoms with Gasteiger partial charge < -0.3 is 10.8 Å². The van der Waals surface area contributed by atoms with Crippen molar-refractivity contribution in [2.75, 3.05) is 0 Å². The van der Waals surface area contributed by atoms with E-state index in [4.69, 9.17) is 44.2 Å². The van der Waals surface area contributed by atoms with Crippen LogP contribution in [-0.4, -0.2) is 17.0 Å². The number of carbonyl (C=O) groups is 1. The number of nitrogens with zero attached hydrogens (tertiary/aromatic N) is 2. The molecular formula is C10H12Cl2N4O2. The van der Waals surface area contributed by atoms with Crippen LogP contribution in [0.3, 0.4) is 0 Å². The SMILES string of the molecule is CC(=O)O.N=C(N)N=NCc1cccc(Cl)c1Cl. The van der Waals surface area contributed by atoms with Gasteiger partial charge in [-0.15, -0.1) is 5.11 Å². The highest BCUT2D eigenvalue weighted by molar-refractivity contribution is 6.42. The minimum absolute atomic E-state index is 0.263. The second kappa shape index (κ2) is 8.43.